The van der Waals surface area contributed by atoms with Gasteiger partial charge in [0.25, 0.3) is 0 Å². The van der Waals surface area contributed by atoms with E-state index < -0.39 is 0 Å². The van der Waals surface area contributed by atoms with Gasteiger partial charge >= 0.3 is 0 Å². The van der Waals surface area contributed by atoms with Crippen LogP contribution < -0.4 is 11.1 Å². The quantitative estimate of drug-likeness (QED) is 0.463. The summed E-state index contributed by atoms with van der Waals surface area (Å²) in [5, 5.41) is 3.07. The van der Waals surface area contributed by atoms with Crippen molar-refractivity contribution in [1.29, 1.82) is 0 Å². The third kappa shape index (κ3) is 5.17. The second-order valence-corrected chi connectivity index (χ2v) is 4.37. The van der Waals surface area contributed by atoms with Crippen LogP contribution in [0.3, 0.4) is 0 Å². The van der Waals surface area contributed by atoms with Crippen LogP contribution in [0.4, 0.5) is 4.39 Å². The number of nitrogens with zero attached hydrogens (tertiary/aromatic N) is 1. The molecule has 18 heavy (non-hydrogen) atoms. The lowest BCUT2D eigenvalue weighted by atomic mass is 10.1. The molecule has 0 heterocycles. The Kier molecular flexibility index (Phi) is 6.19. The molecule has 1 rings (SSSR count). The van der Waals surface area contributed by atoms with Gasteiger partial charge < -0.3 is 11.1 Å². The van der Waals surface area contributed by atoms with Gasteiger partial charge in [0.05, 0.1) is 0 Å². The van der Waals surface area contributed by atoms with Crippen molar-refractivity contribution in [2.24, 2.45) is 10.7 Å². The van der Waals surface area contributed by atoms with Crippen LogP contribution in [0.1, 0.15) is 30.9 Å². The maximum absolute atomic E-state index is 12.9. The first-order chi connectivity index (χ1) is 8.63. The van der Waals surface area contributed by atoms with Crippen LogP contribution in [0.5, 0.6) is 0 Å². The molecular weight excluding hydrogens is 229 g/mol. The zero-order valence-corrected chi connectivity index (χ0v) is 11.2. The molecule has 0 saturated carbocycles. The molecule has 0 unspecified atom stereocenters. The van der Waals surface area contributed by atoms with Gasteiger partial charge in [0.2, 0.25) is 0 Å². The van der Waals surface area contributed by atoms with E-state index in [0.717, 1.165) is 36.9 Å². The molecule has 0 atom stereocenters. The lowest BCUT2D eigenvalue weighted by molar-refractivity contribution is 0.625. The molecule has 0 bridgehead atoms. The van der Waals surface area contributed by atoms with E-state index in [-0.39, 0.29) is 5.82 Å². The number of hydrogen-bond acceptors (Lipinski definition) is 1. The molecule has 0 spiro atoms. The molecule has 0 aliphatic carbocycles. The Morgan fingerprint density at radius 3 is 2.89 bits per heavy atom. The van der Waals surface area contributed by atoms with Crippen LogP contribution in [0, 0.1) is 12.7 Å². The topological polar surface area (TPSA) is 50.4 Å². The molecule has 1 aromatic carbocycles. The molecule has 4 heteroatoms. The third-order valence-electron chi connectivity index (χ3n) is 2.80. The molecule has 0 saturated heterocycles. The standard InChI is InChI=1S/C14H22FN3/c1-3-4-8-17-14(16)18-9-7-12-5-6-13(15)10-11(12)2/h5-6,10H,3-4,7-9H2,1-2H3,(H3,16,17,18). The van der Waals surface area contributed by atoms with E-state index in [1.807, 2.05) is 13.0 Å². The SMILES string of the molecule is CCCCN=C(N)NCCc1ccc(F)cc1C. The maximum atomic E-state index is 12.9. The number of guanidine groups is 1. The van der Waals surface area contributed by atoms with Crippen molar-refractivity contribution in [3.05, 3.63) is 35.1 Å². The Balaban J connectivity index is 2.35. The summed E-state index contributed by atoms with van der Waals surface area (Å²) >= 11 is 0. The van der Waals surface area contributed by atoms with E-state index in [1.54, 1.807) is 6.07 Å². The second kappa shape index (κ2) is 7.69. The van der Waals surface area contributed by atoms with Crippen molar-refractivity contribution in [3.63, 3.8) is 0 Å². The Morgan fingerprint density at radius 2 is 2.22 bits per heavy atom. The fraction of sp³-hybridized carbons (Fsp3) is 0.500. The predicted molar refractivity (Wildman–Crippen MR) is 74.2 cm³/mol. The zero-order valence-electron chi connectivity index (χ0n) is 11.2. The number of nitrogens with one attached hydrogen (secondary N) is 1. The zero-order chi connectivity index (χ0) is 13.4. The highest BCUT2D eigenvalue weighted by Gasteiger charge is 2.00. The molecule has 100 valence electrons. The summed E-state index contributed by atoms with van der Waals surface area (Å²) < 4.78 is 12.9. The first kappa shape index (κ1) is 14.5. The fourth-order valence-corrected chi connectivity index (χ4v) is 1.68. The van der Waals surface area contributed by atoms with E-state index >= 15 is 0 Å². The van der Waals surface area contributed by atoms with Crippen LogP contribution in [0.2, 0.25) is 0 Å². The van der Waals surface area contributed by atoms with E-state index in [9.17, 15) is 4.39 Å². The molecule has 3 N–H and O–H groups in total. The van der Waals surface area contributed by atoms with Crippen molar-refractivity contribution in [2.45, 2.75) is 33.1 Å². The number of nitrogens with two attached hydrogens (primary N) is 1. The molecular formula is C14H22FN3. The minimum atomic E-state index is -0.190. The smallest absolute Gasteiger partial charge is 0.188 e. The van der Waals surface area contributed by atoms with Crippen LogP contribution in [0.25, 0.3) is 0 Å². The largest absolute Gasteiger partial charge is 0.370 e. The number of aliphatic imine (C=N–C) groups is 1. The average Bonchev–Trinajstić information content (AvgIpc) is 2.32. The van der Waals surface area contributed by atoms with Crippen molar-refractivity contribution >= 4 is 5.96 Å². The van der Waals surface area contributed by atoms with Crippen LogP contribution >= 0.6 is 0 Å². The highest BCUT2D eigenvalue weighted by atomic mass is 19.1. The van der Waals surface area contributed by atoms with Gasteiger partial charge in [-0.05, 0) is 43.0 Å². The number of unbranched alkanes of at least 4 members (excludes halogenated alkanes) is 1. The molecule has 0 amide bonds. The summed E-state index contributed by atoms with van der Waals surface area (Å²) in [7, 11) is 0. The Hall–Kier alpha value is -1.58. The van der Waals surface area contributed by atoms with E-state index in [0.29, 0.717) is 12.5 Å². The molecule has 0 fully saturated rings. The summed E-state index contributed by atoms with van der Waals surface area (Å²) in [4.78, 5) is 4.20. The minimum absolute atomic E-state index is 0.190. The predicted octanol–water partition coefficient (Wildman–Crippen LogP) is 2.38. The van der Waals surface area contributed by atoms with E-state index in [2.05, 4.69) is 17.2 Å². The number of rotatable bonds is 6. The van der Waals surface area contributed by atoms with E-state index in [4.69, 9.17) is 5.73 Å². The third-order valence-corrected chi connectivity index (χ3v) is 2.80. The molecule has 0 aromatic heterocycles. The summed E-state index contributed by atoms with van der Waals surface area (Å²) in [6.45, 7) is 5.52. The van der Waals surface area contributed by atoms with Crippen molar-refractivity contribution < 1.29 is 4.39 Å². The lowest BCUT2D eigenvalue weighted by Crippen LogP contribution is -2.33. The number of aryl methyl sites for hydroxylation is 1. The van der Waals surface area contributed by atoms with Crippen LogP contribution in [-0.2, 0) is 6.42 Å². The first-order valence-corrected chi connectivity index (χ1v) is 6.42. The highest BCUT2D eigenvalue weighted by molar-refractivity contribution is 5.77. The lowest BCUT2D eigenvalue weighted by Gasteiger charge is -2.08. The number of halogens is 1. The molecule has 0 radical (unpaired) electrons. The van der Waals surface area contributed by atoms with Crippen LogP contribution in [-0.4, -0.2) is 19.0 Å². The summed E-state index contributed by atoms with van der Waals surface area (Å²) in [6, 6.07) is 4.85. The van der Waals surface area contributed by atoms with Gasteiger partial charge in [0.1, 0.15) is 5.82 Å². The summed E-state index contributed by atoms with van der Waals surface area (Å²) in [5.74, 6) is 0.299. The Bertz CT molecular complexity index is 402. The second-order valence-electron chi connectivity index (χ2n) is 4.37. The summed E-state index contributed by atoms with van der Waals surface area (Å²) in [5.41, 5.74) is 7.82. The number of hydrogen-bond donors (Lipinski definition) is 2. The Morgan fingerprint density at radius 1 is 1.44 bits per heavy atom. The fourth-order valence-electron chi connectivity index (χ4n) is 1.68. The normalized spacial score (nSPS) is 11.6. The van der Waals surface area contributed by atoms with Gasteiger partial charge in [-0.15, -0.1) is 0 Å². The van der Waals surface area contributed by atoms with Gasteiger partial charge in [-0.3, -0.25) is 4.99 Å². The van der Waals surface area contributed by atoms with Gasteiger partial charge in [-0.1, -0.05) is 19.4 Å². The molecule has 3 nitrogen and oxygen atoms in total. The molecule has 0 aliphatic heterocycles. The van der Waals surface area contributed by atoms with Gasteiger partial charge in [0.15, 0.2) is 5.96 Å². The van der Waals surface area contributed by atoms with E-state index in [1.165, 1.54) is 6.07 Å². The van der Waals surface area contributed by atoms with Gasteiger partial charge in [-0.25, -0.2) is 4.39 Å². The number of benzene rings is 1. The van der Waals surface area contributed by atoms with Gasteiger partial charge in [-0.2, -0.15) is 0 Å². The monoisotopic (exact) mass is 251 g/mol. The first-order valence-electron chi connectivity index (χ1n) is 6.42. The van der Waals surface area contributed by atoms with Crippen LogP contribution in [0.15, 0.2) is 23.2 Å². The molecule has 1 aromatic rings. The van der Waals surface area contributed by atoms with Crippen molar-refractivity contribution in [1.82, 2.24) is 5.32 Å². The average molecular weight is 251 g/mol. The van der Waals surface area contributed by atoms with Crippen molar-refractivity contribution in [3.8, 4) is 0 Å². The van der Waals surface area contributed by atoms with Gasteiger partial charge in [0, 0.05) is 13.1 Å². The highest BCUT2D eigenvalue weighted by Crippen LogP contribution is 2.10. The Labute approximate surface area is 108 Å². The maximum Gasteiger partial charge on any atom is 0.188 e. The molecule has 0 aliphatic rings. The summed E-state index contributed by atoms with van der Waals surface area (Å²) in [6.07, 6.45) is 2.99. The minimum Gasteiger partial charge on any atom is -0.370 e. The van der Waals surface area contributed by atoms with Crippen molar-refractivity contribution in [2.75, 3.05) is 13.1 Å².